The lowest BCUT2D eigenvalue weighted by Crippen LogP contribution is -2.44. The molecule has 6 heteroatoms. The van der Waals surface area contributed by atoms with E-state index in [1.54, 1.807) is 12.4 Å². The van der Waals surface area contributed by atoms with Gasteiger partial charge in [-0.3, -0.25) is 9.78 Å². The molecule has 2 heterocycles. The number of hydrogen-bond donors (Lipinski definition) is 1. The van der Waals surface area contributed by atoms with Crippen LogP contribution in [0.15, 0.2) is 67.0 Å². The van der Waals surface area contributed by atoms with Gasteiger partial charge in [-0.1, -0.05) is 29.8 Å². The van der Waals surface area contributed by atoms with E-state index in [-0.39, 0.29) is 18.1 Å². The molecule has 0 bridgehead atoms. The lowest BCUT2D eigenvalue weighted by Gasteiger charge is -2.39. The van der Waals surface area contributed by atoms with E-state index in [0.717, 1.165) is 29.7 Å². The van der Waals surface area contributed by atoms with Gasteiger partial charge in [0.05, 0.1) is 5.56 Å². The molecule has 3 aromatic rings. The predicted octanol–water partition coefficient (Wildman–Crippen LogP) is 5.04. The monoisotopic (exact) mass is 405 g/mol. The van der Waals surface area contributed by atoms with Gasteiger partial charge in [-0.2, -0.15) is 0 Å². The maximum Gasteiger partial charge on any atom is 0.258 e. The first kappa shape index (κ1) is 18.0. The summed E-state index contributed by atoms with van der Waals surface area (Å²) in [7, 11) is 0. The maximum absolute atomic E-state index is 13.3. The van der Waals surface area contributed by atoms with Crippen molar-refractivity contribution in [2.24, 2.45) is 0 Å². The zero-order valence-corrected chi connectivity index (χ0v) is 16.5. The minimum Gasteiger partial charge on any atom is -0.488 e. The molecule has 0 spiro atoms. The van der Waals surface area contributed by atoms with Gasteiger partial charge in [0, 0.05) is 40.3 Å². The highest BCUT2D eigenvalue weighted by Gasteiger charge is 2.42. The van der Waals surface area contributed by atoms with E-state index in [9.17, 15) is 4.79 Å². The number of pyridine rings is 1. The van der Waals surface area contributed by atoms with Crippen LogP contribution in [0.2, 0.25) is 5.02 Å². The third kappa shape index (κ3) is 3.54. The summed E-state index contributed by atoms with van der Waals surface area (Å²) in [6.45, 7) is 0.392. The Balaban J connectivity index is 1.52. The average Bonchev–Trinajstić information content (AvgIpc) is 3.58. The Bertz CT molecular complexity index is 1050. The number of fused-ring (bicyclic) bond motifs is 1. The fourth-order valence-electron chi connectivity index (χ4n) is 3.73. The molecule has 0 saturated heterocycles. The number of ether oxygens (including phenoxy) is 1. The summed E-state index contributed by atoms with van der Waals surface area (Å²) < 4.78 is 6.13. The van der Waals surface area contributed by atoms with Gasteiger partial charge in [0.1, 0.15) is 18.5 Å². The molecule has 2 aromatic carbocycles. The van der Waals surface area contributed by atoms with E-state index in [4.69, 9.17) is 16.3 Å². The standard InChI is InChI=1S/C23H20ClN3O2/c24-16-7-10-21(29-14-15-4-3-11-25-13-15)19(12-16)22-26-20-6-2-1-5-18(20)23(28)27(22)17-8-9-17/h1-7,10-13,17,22,26H,8-9,14H2. The number of carbonyl (C=O) groups is 1. The van der Waals surface area contributed by atoms with Crippen LogP contribution >= 0.6 is 11.6 Å². The second-order valence-corrected chi connectivity index (χ2v) is 7.80. The molecule has 1 aliphatic carbocycles. The average molecular weight is 406 g/mol. The topological polar surface area (TPSA) is 54.5 Å². The third-order valence-electron chi connectivity index (χ3n) is 5.29. The smallest absolute Gasteiger partial charge is 0.258 e. The van der Waals surface area contributed by atoms with Gasteiger partial charge in [0.15, 0.2) is 0 Å². The molecule has 1 aromatic heterocycles. The number of halogens is 1. The molecule has 2 aliphatic rings. The molecule has 146 valence electrons. The number of aromatic nitrogens is 1. The molecule has 1 aliphatic heterocycles. The van der Waals surface area contributed by atoms with Crippen LogP contribution in [-0.2, 0) is 6.61 Å². The number of carbonyl (C=O) groups excluding carboxylic acids is 1. The summed E-state index contributed by atoms with van der Waals surface area (Å²) in [6, 6.07) is 17.3. The number of nitrogens with zero attached hydrogens (tertiary/aromatic N) is 2. The molecule has 1 unspecified atom stereocenters. The molecule has 1 N–H and O–H groups in total. The Labute approximate surface area is 174 Å². The molecular weight excluding hydrogens is 386 g/mol. The van der Waals surface area contributed by atoms with Crippen LogP contribution in [0, 0.1) is 0 Å². The van der Waals surface area contributed by atoms with Crippen LogP contribution in [0.5, 0.6) is 5.75 Å². The van der Waals surface area contributed by atoms with E-state index >= 15 is 0 Å². The minimum atomic E-state index is -0.326. The number of para-hydroxylation sites is 1. The van der Waals surface area contributed by atoms with Crippen LogP contribution in [0.25, 0.3) is 0 Å². The molecule has 0 radical (unpaired) electrons. The van der Waals surface area contributed by atoms with E-state index < -0.39 is 0 Å². The van der Waals surface area contributed by atoms with Crippen molar-refractivity contribution in [2.75, 3.05) is 5.32 Å². The third-order valence-corrected chi connectivity index (χ3v) is 5.52. The lowest BCUT2D eigenvalue weighted by atomic mass is 10.0. The first-order valence-electron chi connectivity index (χ1n) is 9.70. The molecule has 5 nitrogen and oxygen atoms in total. The van der Waals surface area contributed by atoms with Gasteiger partial charge < -0.3 is 15.0 Å². The summed E-state index contributed by atoms with van der Waals surface area (Å²) in [5.41, 5.74) is 3.37. The SMILES string of the molecule is O=C1c2ccccc2NC(c2cc(Cl)ccc2OCc2cccnc2)N1C1CC1. The van der Waals surface area contributed by atoms with Crippen molar-refractivity contribution in [1.82, 2.24) is 9.88 Å². The van der Waals surface area contributed by atoms with Crippen LogP contribution in [0.4, 0.5) is 5.69 Å². The van der Waals surface area contributed by atoms with Gasteiger partial charge in [0.25, 0.3) is 5.91 Å². The molecule has 1 atom stereocenters. The number of nitrogens with one attached hydrogen (secondary N) is 1. The van der Waals surface area contributed by atoms with E-state index in [1.165, 1.54) is 0 Å². The number of rotatable bonds is 5. The molecule has 1 amide bonds. The Kier molecular flexibility index (Phi) is 4.60. The summed E-state index contributed by atoms with van der Waals surface area (Å²) in [4.78, 5) is 19.3. The number of benzene rings is 2. The molecule has 29 heavy (non-hydrogen) atoms. The van der Waals surface area contributed by atoms with Gasteiger partial charge in [0.2, 0.25) is 0 Å². The second kappa shape index (κ2) is 7.41. The summed E-state index contributed by atoms with van der Waals surface area (Å²) >= 11 is 6.34. The maximum atomic E-state index is 13.3. The Hall–Kier alpha value is -3.05. The molecule has 1 saturated carbocycles. The van der Waals surface area contributed by atoms with Gasteiger partial charge in [-0.15, -0.1) is 0 Å². The molecular formula is C23H20ClN3O2. The van der Waals surface area contributed by atoms with Gasteiger partial charge in [-0.25, -0.2) is 0 Å². The minimum absolute atomic E-state index is 0.0463. The zero-order chi connectivity index (χ0) is 19.8. The summed E-state index contributed by atoms with van der Waals surface area (Å²) in [6.07, 6.45) is 5.22. The predicted molar refractivity (Wildman–Crippen MR) is 112 cm³/mol. The second-order valence-electron chi connectivity index (χ2n) is 7.37. The van der Waals surface area contributed by atoms with Crippen molar-refractivity contribution < 1.29 is 9.53 Å². The highest BCUT2D eigenvalue weighted by atomic mass is 35.5. The summed E-state index contributed by atoms with van der Waals surface area (Å²) in [5.74, 6) is 0.749. The largest absolute Gasteiger partial charge is 0.488 e. The van der Waals surface area contributed by atoms with Crippen molar-refractivity contribution in [3.05, 3.63) is 88.7 Å². The van der Waals surface area contributed by atoms with E-state index in [0.29, 0.717) is 22.9 Å². The van der Waals surface area contributed by atoms with E-state index in [1.807, 2.05) is 59.5 Å². The van der Waals surface area contributed by atoms with Gasteiger partial charge >= 0.3 is 0 Å². The highest BCUT2D eigenvalue weighted by molar-refractivity contribution is 6.30. The van der Waals surface area contributed by atoms with Crippen molar-refractivity contribution in [2.45, 2.75) is 31.7 Å². The first-order chi connectivity index (χ1) is 14.2. The van der Waals surface area contributed by atoms with Crippen molar-refractivity contribution in [3.8, 4) is 5.75 Å². The quantitative estimate of drug-likeness (QED) is 0.645. The number of amides is 1. The zero-order valence-electron chi connectivity index (χ0n) is 15.7. The van der Waals surface area contributed by atoms with Crippen LogP contribution in [0.3, 0.4) is 0 Å². The Morgan fingerprint density at radius 1 is 1.14 bits per heavy atom. The molecule has 1 fully saturated rings. The fourth-order valence-corrected chi connectivity index (χ4v) is 3.92. The number of anilines is 1. The highest BCUT2D eigenvalue weighted by Crippen LogP contribution is 2.43. The van der Waals surface area contributed by atoms with Crippen molar-refractivity contribution in [1.29, 1.82) is 0 Å². The Morgan fingerprint density at radius 2 is 2.00 bits per heavy atom. The van der Waals surface area contributed by atoms with E-state index in [2.05, 4.69) is 10.3 Å². The lowest BCUT2D eigenvalue weighted by molar-refractivity contribution is 0.0663. The number of hydrogen-bond acceptors (Lipinski definition) is 4. The van der Waals surface area contributed by atoms with Crippen LogP contribution in [-0.4, -0.2) is 21.8 Å². The summed E-state index contributed by atoms with van der Waals surface area (Å²) in [5, 5.41) is 4.14. The van der Waals surface area contributed by atoms with Crippen LogP contribution in [0.1, 0.15) is 40.5 Å². The van der Waals surface area contributed by atoms with Gasteiger partial charge in [-0.05, 0) is 49.2 Å². The Morgan fingerprint density at radius 3 is 2.79 bits per heavy atom. The fraction of sp³-hybridized carbons (Fsp3) is 0.217. The first-order valence-corrected chi connectivity index (χ1v) is 10.1. The normalized spacial score (nSPS) is 18.2. The van der Waals surface area contributed by atoms with Crippen molar-refractivity contribution >= 4 is 23.2 Å². The van der Waals surface area contributed by atoms with Crippen molar-refractivity contribution in [3.63, 3.8) is 0 Å². The van der Waals surface area contributed by atoms with Crippen LogP contribution < -0.4 is 10.1 Å². The molecule has 5 rings (SSSR count).